The third kappa shape index (κ3) is 3.55. The normalized spacial score (nSPS) is 12.6. The summed E-state index contributed by atoms with van der Waals surface area (Å²) in [7, 11) is 2.00. The molecule has 2 aromatic heterocycles. The molecule has 0 fully saturated rings. The molecule has 2 rings (SSSR count). The molecule has 2 aromatic rings. The Bertz CT molecular complexity index is 524. The number of hydrogen-bond donors (Lipinski definition) is 1. The van der Waals surface area contributed by atoms with Gasteiger partial charge in [0.15, 0.2) is 0 Å². The zero-order valence-corrected chi connectivity index (χ0v) is 12.1. The molecule has 1 atom stereocenters. The van der Waals surface area contributed by atoms with E-state index in [1.54, 1.807) is 6.20 Å². The molecule has 0 saturated heterocycles. The number of imidazole rings is 1. The zero-order chi connectivity index (χ0) is 13.7. The van der Waals surface area contributed by atoms with E-state index in [1.165, 1.54) is 0 Å². The van der Waals surface area contributed by atoms with Crippen LogP contribution in [0.5, 0.6) is 0 Å². The number of aromatic nitrogens is 3. The van der Waals surface area contributed by atoms with Gasteiger partial charge in [-0.15, -0.1) is 0 Å². The Morgan fingerprint density at radius 1 is 1.37 bits per heavy atom. The van der Waals surface area contributed by atoms with Gasteiger partial charge in [0.05, 0.1) is 16.8 Å². The van der Waals surface area contributed by atoms with Crippen molar-refractivity contribution in [2.24, 2.45) is 7.05 Å². The predicted octanol–water partition coefficient (Wildman–Crippen LogP) is 2.75. The van der Waals surface area contributed by atoms with E-state index >= 15 is 0 Å². The zero-order valence-electron chi connectivity index (χ0n) is 11.3. The number of pyridine rings is 1. The summed E-state index contributed by atoms with van der Waals surface area (Å²) in [6, 6.07) is 3.82. The minimum absolute atomic E-state index is 0.0924. The van der Waals surface area contributed by atoms with Crippen molar-refractivity contribution in [3.63, 3.8) is 0 Å². The van der Waals surface area contributed by atoms with E-state index in [0.29, 0.717) is 5.02 Å². The Balaban J connectivity index is 2.21. The quantitative estimate of drug-likeness (QED) is 0.883. The summed E-state index contributed by atoms with van der Waals surface area (Å²) in [6.45, 7) is 3.08. The van der Waals surface area contributed by atoms with Crippen molar-refractivity contribution in [2.45, 2.75) is 25.8 Å². The average molecular weight is 279 g/mol. The van der Waals surface area contributed by atoms with Gasteiger partial charge in [-0.2, -0.15) is 0 Å². The largest absolute Gasteiger partial charge is 0.338 e. The molecule has 0 aliphatic heterocycles. The number of halogens is 1. The van der Waals surface area contributed by atoms with Crippen LogP contribution in [0.4, 0.5) is 0 Å². The molecule has 1 unspecified atom stereocenters. The van der Waals surface area contributed by atoms with Gasteiger partial charge < -0.3 is 9.88 Å². The molecular weight excluding hydrogens is 260 g/mol. The summed E-state index contributed by atoms with van der Waals surface area (Å²) in [5.74, 6) is 1.02. The summed E-state index contributed by atoms with van der Waals surface area (Å²) in [5.41, 5.74) is 0.889. The fourth-order valence-corrected chi connectivity index (χ4v) is 2.27. The molecule has 102 valence electrons. The van der Waals surface area contributed by atoms with Gasteiger partial charge in [0.1, 0.15) is 5.82 Å². The molecule has 0 aromatic carbocycles. The van der Waals surface area contributed by atoms with Crippen molar-refractivity contribution in [1.29, 1.82) is 0 Å². The minimum atomic E-state index is 0.0924. The lowest BCUT2D eigenvalue weighted by Crippen LogP contribution is -2.26. The first kappa shape index (κ1) is 14.0. The van der Waals surface area contributed by atoms with Crippen LogP contribution in [0.3, 0.4) is 0 Å². The number of nitrogens with zero attached hydrogens (tertiary/aromatic N) is 3. The standard InChI is InChI=1S/C14H19ClN4/c1-3-6-16-12(10-13-17-8-9-19(13)2)14-11(15)5-4-7-18-14/h4-5,7-9,12,16H,3,6,10H2,1-2H3. The summed E-state index contributed by atoms with van der Waals surface area (Å²) in [4.78, 5) is 8.78. The van der Waals surface area contributed by atoms with E-state index in [4.69, 9.17) is 11.6 Å². The van der Waals surface area contributed by atoms with Crippen LogP contribution in [0.2, 0.25) is 5.02 Å². The van der Waals surface area contributed by atoms with Gasteiger partial charge in [-0.05, 0) is 25.1 Å². The first-order chi connectivity index (χ1) is 9.22. The first-order valence-electron chi connectivity index (χ1n) is 6.52. The second-order valence-corrected chi connectivity index (χ2v) is 4.94. The summed E-state index contributed by atoms with van der Waals surface area (Å²) in [6.07, 6.45) is 7.39. The molecule has 0 bridgehead atoms. The Hall–Kier alpha value is -1.39. The lowest BCUT2D eigenvalue weighted by Gasteiger charge is -2.18. The van der Waals surface area contributed by atoms with Crippen molar-refractivity contribution in [3.8, 4) is 0 Å². The molecule has 0 saturated carbocycles. The molecule has 19 heavy (non-hydrogen) atoms. The molecule has 1 N–H and O–H groups in total. The van der Waals surface area contributed by atoms with Gasteiger partial charge in [-0.25, -0.2) is 4.98 Å². The summed E-state index contributed by atoms with van der Waals surface area (Å²) in [5, 5.41) is 4.19. The van der Waals surface area contributed by atoms with E-state index < -0.39 is 0 Å². The molecule has 0 aliphatic rings. The third-order valence-electron chi connectivity index (χ3n) is 3.07. The number of rotatable bonds is 6. The van der Waals surface area contributed by atoms with Crippen LogP contribution in [0.1, 0.15) is 30.9 Å². The van der Waals surface area contributed by atoms with Gasteiger partial charge in [0.2, 0.25) is 0 Å². The maximum atomic E-state index is 6.25. The highest BCUT2D eigenvalue weighted by Gasteiger charge is 2.17. The van der Waals surface area contributed by atoms with Crippen molar-refractivity contribution < 1.29 is 0 Å². The predicted molar refractivity (Wildman–Crippen MR) is 77.2 cm³/mol. The Labute approximate surface area is 118 Å². The fourth-order valence-electron chi connectivity index (χ4n) is 2.01. The fraction of sp³-hybridized carbons (Fsp3) is 0.429. The van der Waals surface area contributed by atoms with Crippen molar-refractivity contribution in [2.75, 3.05) is 6.54 Å². The van der Waals surface area contributed by atoms with E-state index in [2.05, 4.69) is 22.2 Å². The van der Waals surface area contributed by atoms with Gasteiger partial charge in [-0.3, -0.25) is 4.98 Å². The average Bonchev–Trinajstić information content (AvgIpc) is 2.81. The maximum Gasteiger partial charge on any atom is 0.110 e. The number of nitrogens with one attached hydrogen (secondary N) is 1. The molecule has 0 aliphatic carbocycles. The second-order valence-electron chi connectivity index (χ2n) is 4.54. The molecule has 0 spiro atoms. The van der Waals surface area contributed by atoms with Gasteiger partial charge >= 0.3 is 0 Å². The van der Waals surface area contributed by atoms with Gasteiger partial charge in [-0.1, -0.05) is 18.5 Å². The van der Waals surface area contributed by atoms with Crippen molar-refractivity contribution >= 4 is 11.6 Å². The second kappa shape index (κ2) is 6.68. The number of hydrogen-bond acceptors (Lipinski definition) is 3. The lowest BCUT2D eigenvalue weighted by atomic mass is 10.1. The Morgan fingerprint density at radius 3 is 2.84 bits per heavy atom. The minimum Gasteiger partial charge on any atom is -0.338 e. The van der Waals surface area contributed by atoms with Gasteiger partial charge in [0.25, 0.3) is 0 Å². The molecule has 4 nitrogen and oxygen atoms in total. The van der Waals surface area contributed by atoms with Crippen LogP contribution >= 0.6 is 11.6 Å². The lowest BCUT2D eigenvalue weighted by molar-refractivity contribution is 0.501. The molecule has 2 heterocycles. The highest BCUT2D eigenvalue weighted by Crippen LogP contribution is 2.23. The van der Waals surface area contributed by atoms with Crippen molar-refractivity contribution in [1.82, 2.24) is 19.9 Å². The van der Waals surface area contributed by atoms with Crippen LogP contribution in [0.25, 0.3) is 0 Å². The summed E-state index contributed by atoms with van der Waals surface area (Å²) >= 11 is 6.25. The Kier molecular flexibility index (Phi) is 4.93. The van der Waals surface area contributed by atoms with Crippen LogP contribution in [-0.4, -0.2) is 21.1 Å². The summed E-state index contributed by atoms with van der Waals surface area (Å²) < 4.78 is 2.03. The van der Waals surface area contributed by atoms with Crippen LogP contribution < -0.4 is 5.32 Å². The SMILES string of the molecule is CCCNC(Cc1nccn1C)c1ncccc1Cl. The first-order valence-corrected chi connectivity index (χ1v) is 6.90. The molecular formula is C14H19ClN4. The highest BCUT2D eigenvalue weighted by molar-refractivity contribution is 6.31. The van der Waals surface area contributed by atoms with E-state index in [-0.39, 0.29) is 6.04 Å². The van der Waals surface area contributed by atoms with Crippen molar-refractivity contribution in [3.05, 3.63) is 47.3 Å². The van der Waals surface area contributed by atoms with E-state index in [0.717, 1.165) is 30.9 Å². The van der Waals surface area contributed by atoms with E-state index in [9.17, 15) is 0 Å². The topological polar surface area (TPSA) is 42.7 Å². The third-order valence-corrected chi connectivity index (χ3v) is 3.39. The Morgan fingerprint density at radius 2 is 2.21 bits per heavy atom. The van der Waals surface area contributed by atoms with Crippen LogP contribution in [-0.2, 0) is 13.5 Å². The van der Waals surface area contributed by atoms with Crippen LogP contribution in [0, 0.1) is 0 Å². The molecule has 0 amide bonds. The van der Waals surface area contributed by atoms with Crippen LogP contribution in [0.15, 0.2) is 30.7 Å². The van der Waals surface area contributed by atoms with E-state index in [1.807, 2.05) is 36.1 Å². The number of aryl methyl sites for hydroxylation is 1. The smallest absolute Gasteiger partial charge is 0.110 e. The highest BCUT2D eigenvalue weighted by atomic mass is 35.5. The molecule has 5 heteroatoms. The monoisotopic (exact) mass is 278 g/mol. The maximum absolute atomic E-state index is 6.25. The molecule has 0 radical (unpaired) electrons. The van der Waals surface area contributed by atoms with Gasteiger partial charge in [0, 0.05) is 32.1 Å².